The molecule has 1 aromatic heterocycles. The molecular formula is C15H17FN2O2S. The third-order valence-corrected chi connectivity index (χ3v) is 3.94. The van der Waals surface area contributed by atoms with E-state index in [0.717, 1.165) is 0 Å². The van der Waals surface area contributed by atoms with Gasteiger partial charge in [0.1, 0.15) is 11.5 Å². The minimum Gasteiger partial charge on any atom is -0.466 e. The highest BCUT2D eigenvalue weighted by Crippen LogP contribution is 2.24. The number of hydrogen-bond acceptors (Lipinski definition) is 4. The van der Waals surface area contributed by atoms with Crippen molar-refractivity contribution < 1.29 is 13.9 Å². The van der Waals surface area contributed by atoms with Crippen molar-refractivity contribution in [1.29, 1.82) is 0 Å². The van der Waals surface area contributed by atoms with Gasteiger partial charge >= 0.3 is 5.97 Å². The zero-order valence-corrected chi connectivity index (χ0v) is 13.0. The summed E-state index contributed by atoms with van der Waals surface area (Å²) in [5.74, 6) is -1.30. The lowest BCUT2D eigenvalue weighted by atomic mass is 10.0. The van der Waals surface area contributed by atoms with Gasteiger partial charge in [0.05, 0.1) is 12.5 Å². The minimum atomic E-state index is -0.494. The van der Waals surface area contributed by atoms with Crippen molar-refractivity contribution in [1.82, 2.24) is 4.57 Å². The van der Waals surface area contributed by atoms with Gasteiger partial charge in [-0.2, -0.15) is 0 Å². The molecule has 0 aliphatic heterocycles. The molecule has 2 aromatic rings. The molecular weight excluding hydrogens is 291 g/mol. The van der Waals surface area contributed by atoms with Gasteiger partial charge in [-0.25, -0.2) is 9.38 Å². The molecule has 1 unspecified atom stereocenters. The second kappa shape index (κ2) is 6.67. The van der Waals surface area contributed by atoms with Crippen molar-refractivity contribution in [2.45, 2.75) is 19.8 Å². The van der Waals surface area contributed by atoms with Crippen molar-refractivity contribution in [2.24, 2.45) is 12.0 Å². The van der Waals surface area contributed by atoms with Crippen molar-refractivity contribution in [3.63, 3.8) is 0 Å². The van der Waals surface area contributed by atoms with Gasteiger partial charge in [0.15, 0.2) is 4.80 Å². The van der Waals surface area contributed by atoms with Crippen LogP contribution in [0.15, 0.2) is 34.8 Å². The van der Waals surface area contributed by atoms with Gasteiger partial charge in [0.2, 0.25) is 0 Å². The summed E-state index contributed by atoms with van der Waals surface area (Å²) in [7, 11) is 1.85. The van der Waals surface area contributed by atoms with E-state index in [1.54, 1.807) is 26.0 Å². The van der Waals surface area contributed by atoms with Crippen LogP contribution in [-0.4, -0.2) is 17.1 Å². The lowest BCUT2D eigenvalue weighted by Gasteiger charge is -2.11. The number of ether oxygens (including phenoxy) is 1. The van der Waals surface area contributed by atoms with E-state index in [4.69, 9.17) is 4.74 Å². The Balaban J connectivity index is 2.30. The van der Waals surface area contributed by atoms with Crippen LogP contribution in [0.3, 0.4) is 0 Å². The van der Waals surface area contributed by atoms with Gasteiger partial charge in [0, 0.05) is 18.6 Å². The molecule has 6 heteroatoms. The number of benzene rings is 1. The van der Waals surface area contributed by atoms with E-state index in [2.05, 4.69) is 4.99 Å². The zero-order chi connectivity index (χ0) is 15.4. The summed E-state index contributed by atoms with van der Waals surface area (Å²) < 4.78 is 20.9. The second-order valence-corrected chi connectivity index (χ2v) is 5.47. The highest BCUT2D eigenvalue weighted by atomic mass is 32.1. The van der Waals surface area contributed by atoms with Gasteiger partial charge in [-0.3, -0.25) is 4.79 Å². The number of carbonyl (C=O) groups is 1. The summed E-state index contributed by atoms with van der Waals surface area (Å²) in [5.41, 5.74) is 0.841. The Labute approximate surface area is 126 Å². The number of esters is 1. The first-order chi connectivity index (χ1) is 10.0. The Kier molecular flexibility index (Phi) is 4.90. The van der Waals surface area contributed by atoms with Crippen LogP contribution in [0.2, 0.25) is 0 Å². The number of rotatable bonds is 4. The third kappa shape index (κ3) is 3.58. The maximum Gasteiger partial charge on any atom is 0.313 e. The molecule has 0 fully saturated rings. The van der Waals surface area contributed by atoms with E-state index < -0.39 is 11.7 Å². The maximum atomic E-state index is 14.1. The van der Waals surface area contributed by atoms with E-state index >= 15 is 0 Å². The summed E-state index contributed by atoms with van der Waals surface area (Å²) in [6, 6.07) is 4.63. The largest absolute Gasteiger partial charge is 0.466 e. The molecule has 112 valence electrons. The Morgan fingerprint density at radius 1 is 1.52 bits per heavy atom. The van der Waals surface area contributed by atoms with E-state index in [-0.39, 0.29) is 11.7 Å². The standard InChI is InChI=1S/C15H17FN2O2S/c1-4-20-14(19)10(2)11-5-6-13(12(16)9-11)17-15-18(3)7-8-21-15/h5-10H,4H2,1-3H3/b17-15-. The van der Waals surface area contributed by atoms with Crippen molar-refractivity contribution >= 4 is 23.0 Å². The van der Waals surface area contributed by atoms with Gasteiger partial charge in [-0.15, -0.1) is 11.3 Å². The third-order valence-electron chi connectivity index (χ3n) is 3.09. The summed E-state index contributed by atoms with van der Waals surface area (Å²) >= 11 is 1.43. The minimum absolute atomic E-state index is 0.257. The molecule has 1 aromatic carbocycles. The summed E-state index contributed by atoms with van der Waals surface area (Å²) in [4.78, 5) is 16.7. The smallest absolute Gasteiger partial charge is 0.313 e. The fourth-order valence-corrected chi connectivity index (χ4v) is 2.57. The first-order valence-electron chi connectivity index (χ1n) is 6.64. The predicted octanol–water partition coefficient (Wildman–Crippen LogP) is 3.12. The molecule has 0 amide bonds. The van der Waals surface area contributed by atoms with Crippen LogP contribution in [0.1, 0.15) is 25.3 Å². The molecule has 4 nitrogen and oxygen atoms in total. The molecule has 0 N–H and O–H groups in total. The number of aromatic nitrogens is 1. The topological polar surface area (TPSA) is 43.6 Å². The number of carbonyl (C=O) groups excluding carboxylic acids is 1. The van der Waals surface area contributed by atoms with Crippen LogP contribution in [-0.2, 0) is 16.6 Å². The summed E-state index contributed by atoms with van der Waals surface area (Å²) in [5, 5.41) is 1.88. The first-order valence-corrected chi connectivity index (χ1v) is 7.51. The van der Waals surface area contributed by atoms with Gasteiger partial charge in [-0.05, 0) is 31.5 Å². The van der Waals surface area contributed by atoms with Crippen LogP contribution in [0.4, 0.5) is 10.1 Å². The summed E-state index contributed by atoms with van der Waals surface area (Å²) in [6.07, 6.45) is 1.86. The monoisotopic (exact) mass is 308 g/mol. The van der Waals surface area contributed by atoms with Crippen LogP contribution >= 0.6 is 11.3 Å². The number of halogens is 1. The quantitative estimate of drug-likeness (QED) is 0.815. The molecule has 0 aliphatic rings. The second-order valence-electron chi connectivity index (χ2n) is 4.59. The Morgan fingerprint density at radius 3 is 2.86 bits per heavy atom. The van der Waals surface area contributed by atoms with Gasteiger partial charge in [0.25, 0.3) is 0 Å². The van der Waals surface area contributed by atoms with E-state index in [9.17, 15) is 9.18 Å². The van der Waals surface area contributed by atoms with Crippen LogP contribution in [0.5, 0.6) is 0 Å². The molecule has 0 spiro atoms. The Bertz CT molecular complexity index is 706. The molecule has 0 saturated heterocycles. The fraction of sp³-hybridized carbons (Fsp3) is 0.333. The number of nitrogens with zero attached hydrogens (tertiary/aromatic N) is 2. The van der Waals surface area contributed by atoms with Gasteiger partial charge < -0.3 is 9.30 Å². The van der Waals surface area contributed by atoms with Crippen LogP contribution < -0.4 is 4.80 Å². The lowest BCUT2D eigenvalue weighted by molar-refractivity contribution is -0.144. The summed E-state index contributed by atoms with van der Waals surface area (Å²) in [6.45, 7) is 3.75. The fourth-order valence-electron chi connectivity index (χ4n) is 1.82. The van der Waals surface area contributed by atoms with Crippen molar-refractivity contribution in [2.75, 3.05) is 6.61 Å². The molecule has 21 heavy (non-hydrogen) atoms. The average molecular weight is 308 g/mol. The zero-order valence-electron chi connectivity index (χ0n) is 12.2. The maximum absolute atomic E-state index is 14.1. The molecule has 0 aliphatic carbocycles. The van der Waals surface area contributed by atoms with E-state index in [1.807, 2.05) is 23.2 Å². The normalized spacial score (nSPS) is 13.2. The average Bonchev–Trinajstić information content (AvgIpc) is 2.86. The number of thiazole rings is 1. The van der Waals surface area contributed by atoms with E-state index in [0.29, 0.717) is 17.0 Å². The highest BCUT2D eigenvalue weighted by Gasteiger charge is 2.17. The Hall–Kier alpha value is -1.95. The lowest BCUT2D eigenvalue weighted by Crippen LogP contribution is -2.13. The SMILES string of the molecule is CCOC(=O)C(C)c1ccc(/N=c2\sccn2C)c(F)c1. The predicted molar refractivity (Wildman–Crippen MR) is 80.0 cm³/mol. The molecule has 1 atom stereocenters. The highest BCUT2D eigenvalue weighted by molar-refractivity contribution is 7.07. The van der Waals surface area contributed by atoms with Crippen LogP contribution in [0.25, 0.3) is 0 Å². The number of hydrogen-bond donors (Lipinski definition) is 0. The van der Waals surface area contributed by atoms with Crippen molar-refractivity contribution in [3.05, 3.63) is 46.0 Å². The molecule has 1 heterocycles. The molecule has 0 saturated carbocycles. The molecule has 0 bridgehead atoms. The van der Waals surface area contributed by atoms with E-state index in [1.165, 1.54) is 17.4 Å². The van der Waals surface area contributed by atoms with Gasteiger partial charge in [-0.1, -0.05) is 6.07 Å². The first kappa shape index (κ1) is 15.4. The van der Waals surface area contributed by atoms with Crippen molar-refractivity contribution in [3.8, 4) is 0 Å². The molecule has 2 rings (SSSR count). The number of aryl methyl sites for hydroxylation is 1. The molecule has 0 radical (unpaired) electrons. The Morgan fingerprint density at radius 2 is 2.29 bits per heavy atom. The van der Waals surface area contributed by atoms with Crippen LogP contribution in [0, 0.1) is 5.82 Å².